The van der Waals surface area contributed by atoms with E-state index in [9.17, 15) is 4.79 Å². The summed E-state index contributed by atoms with van der Waals surface area (Å²) in [6, 6.07) is 7.49. The van der Waals surface area contributed by atoms with Crippen molar-refractivity contribution >= 4 is 17.0 Å². The van der Waals surface area contributed by atoms with Crippen LogP contribution in [-0.4, -0.2) is 34.8 Å². The molecule has 1 fully saturated rings. The number of H-pyrrole nitrogens is 1. The van der Waals surface area contributed by atoms with Crippen molar-refractivity contribution in [3.63, 3.8) is 0 Å². The Kier molecular flexibility index (Phi) is 3.74. The predicted octanol–water partition coefficient (Wildman–Crippen LogP) is 2.95. The number of fused-ring (bicyclic) bond motifs is 2. The van der Waals surface area contributed by atoms with Gasteiger partial charge in [-0.05, 0) is 48.1 Å². The summed E-state index contributed by atoms with van der Waals surface area (Å²) in [7, 11) is 0. The highest BCUT2D eigenvalue weighted by Crippen LogP contribution is 2.37. The van der Waals surface area contributed by atoms with Gasteiger partial charge in [-0.2, -0.15) is 4.98 Å². The summed E-state index contributed by atoms with van der Waals surface area (Å²) >= 11 is 0. The average Bonchev–Trinajstić information content (AvgIpc) is 3.15. The lowest BCUT2D eigenvalue weighted by Gasteiger charge is -2.30. The first-order valence-electron chi connectivity index (χ1n) is 9.23. The number of ether oxygens (including phenoxy) is 2. The average molecular weight is 364 g/mol. The van der Waals surface area contributed by atoms with E-state index in [2.05, 4.69) is 26.8 Å². The minimum atomic E-state index is -0.172. The van der Waals surface area contributed by atoms with Crippen LogP contribution in [0.4, 0.5) is 5.95 Å². The molecule has 2 aliphatic rings. The van der Waals surface area contributed by atoms with Gasteiger partial charge < -0.3 is 14.4 Å². The number of aromatic amines is 1. The summed E-state index contributed by atoms with van der Waals surface area (Å²) < 4.78 is 10.8. The van der Waals surface area contributed by atoms with E-state index in [1.807, 2.05) is 24.3 Å². The Bertz CT molecular complexity index is 1070. The van der Waals surface area contributed by atoms with Crippen LogP contribution < -0.4 is 19.9 Å². The Morgan fingerprint density at radius 2 is 1.96 bits per heavy atom. The molecule has 7 heteroatoms. The molecule has 138 valence electrons. The molecule has 2 aliphatic heterocycles. The third-order valence-electron chi connectivity index (χ3n) is 5.36. The lowest BCUT2D eigenvalue weighted by molar-refractivity contribution is 0.174. The molecule has 0 bridgehead atoms. The van der Waals surface area contributed by atoms with Crippen LogP contribution in [0.15, 0.2) is 35.3 Å². The van der Waals surface area contributed by atoms with Crippen molar-refractivity contribution in [2.45, 2.75) is 19.8 Å². The van der Waals surface area contributed by atoms with Gasteiger partial charge in [-0.1, -0.05) is 13.0 Å². The van der Waals surface area contributed by atoms with Crippen LogP contribution in [0.1, 0.15) is 19.8 Å². The van der Waals surface area contributed by atoms with Gasteiger partial charge in [0, 0.05) is 19.3 Å². The quantitative estimate of drug-likeness (QED) is 0.753. The molecule has 0 aliphatic carbocycles. The molecule has 3 aromatic rings. The standard InChI is InChI=1S/C20H20N4O3/c1-12-5-8-24(9-6-12)20-22-18-17(19(25)23-20)14(4-7-21-18)13-2-3-15-16(10-13)27-11-26-15/h2-4,7,10,12H,5-6,8-9,11H2,1H3,(H,21,22,23,25). The zero-order valence-electron chi connectivity index (χ0n) is 15.1. The van der Waals surface area contributed by atoms with Crippen LogP contribution in [0.3, 0.4) is 0 Å². The van der Waals surface area contributed by atoms with E-state index in [1.165, 1.54) is 0 Å². The number of anilines is 1. The number of pyridine rings is 1. The van der Waals surface area contributed by atoms with Crippen molar-refractivity contribution in [3.05, 3.63) is 40.8 Å². The number of hydrogen-bond donors (Lipinski definition) is 1. The molecule has 1 saturated heterocycles. The number of rotatable bonds is 2. The van der Waals surface area contributed by atoms with Crippen LogP contribution in [0.25, 0.3) is 22.2 Å². The van der Waals surface area contributed by atoms with Gasteiger partial charge in [0.1, 0.15) is 0 Å². The summed E-state index contributed by atoms with van der Waals surface area (Å²) in [5, 5.41) is 0.491. The van der Waals surface area contributed by atoms with Crippen LogP contribution in [0.2, 0.25) is 0 Å². The highest BCUT2D eigenvalue weighted by molar-refractivity contribution is 5.92. The third-order valence-corrected chi connectivity index (χ3v) is 5.36. The number of hydrogen-bond acceptors (Lipinski definition) is 6. The van der Waals surface area contributed by atoms with Crippen molar-refractivity contribution in [1.29, 1.82) is 0 Å². The van der Waals surface area contributed by atoms with E-state index in [0.29, 0.717) is 34.4 Å². The van der Waals surface area contributed by atoms with E-state index >= 15 is 0 Å². The monoisotopic (exact) mass is 364 g/mol. The smallest absolute Gasteiger partial charge is 0.262 e. The highest BCUT2D eigenvalue weighted by atomic mass is 16.7. The molecule has 27 heavy (non-hydrogen) atoms. The van der Waals surface area contributed by atoms with E-state index in [0.717, 1.165) is 37.1 Å². The fourth-order valence-electron chi connectivity index (χ4n) is 3.73. The maximum atomic E-state index is 12.9. The molecule has 0 radical (unpaired) electrons. The highest BCUT2D eigenvalue weighted by Gasteiger charge is 2.20. The maximum absolute atomic E-state index is 12.9. The van der Waals surface area contributed by atoms with E-state index in [-0.39, 0.29) is 12.4 Å². The fourth-order valence-corrected chi connectivity index (χ4v) is 3.73. The van der Waals surface area contributed by atoms with Gasteiger partial charge in [-0.15, -0.1) is 0 Å². The summed E-state index contributed by atoms with van der Waals surface area (Å²) in [6.45, 7) is 4.28. The van der Waals surface area contributed by atoms with E-state index in [1.54, 1.807) is 6.20 Å². The maximum Gasteiger partial charge on any atom is 0.262 e. The minimum Gasteiger partial charge on any atom is -0.454 e. The molecule has 1 N–H and O–H groups in total. The van der Waals surface area contributed by atoms with Gasteiger partial charge in [0.25, 0.3) is 5.56 Å². The van der Waals surface area contributed by atoms with Gasteiger partial charge in [0.15, 0.2) is 17.1 Å². The summed E-state index contributed by atoms with van der Waals surface area (Å²) in [5.74, 6) is 2.71. The number of piperidine rings is 1. The summed E-state index contributed by atoms with van der Waals surface area (Å²) in [5.41, 5.74) is 1.95. The second kappa shape index (κ2) is 6.26. The van der Waals surface area contributed by atoms with Crippen LogP contribution >= 0.6 is 0 Å². The lowest BCUT2D eigenvalue weighted by atomic mass is 9.99. The number of aromatic nitrogens is 3. The molecule has 0 spiro atoms. The number of nitrogens with one attached hydrogen (secondary N) is 1. The molecule has 0 unspecified atom stereocenters. The van der Waals surface area contributed by atoms with Gasteiger partial charge in [-0.3, -0.25) is 9.78 Å². The molecule has 2 aromatic heterocycles. The van der Waals surface area contributed by atoms with Crippen LogP contribution in [0.5, 0.6) is 11.5 Å². The molecule has 0 saturated carbocycles. The number of nitrogens with zero attached hydrogens (tertiary/aromatic N) is 3. The molecule has 5 rings (SSSR count). The summed E-state index contributed by atoms with van der Waals surface area (Å²) in [4.78, 5) is 27.0. The number of benzene rings is 1. The molecular formula is C20H20N4O3. The fraction of sp³-hybridized carbons (Fsp3) is 0.350. The Balaban J connectivity index is 1.60. The van der Waals surface area contributed by atoms with Gasteiger partial charge in [-0.25, -0.2) is 4.98 Å². The third kappa shape index (κ3) is 2.79. The van der Waals surface area contributed by atoms with E-state index < -0.39 is 0 Å². The predicted molar refractivity (Wildman–Crippen MR) is 102 cm³/mol. The van der Waals surface area contributed by atoms with Gasteiger partial charge >= 0.3 is 0 Å². The zero-order valence-corrected chi connectivity index (χ0v) is 15.1. The molecule has 4 heterocycles. The van der Waals surface area contributed by atoms with Crippen molar-refractivity contribution in [2.24, 2.45) is 5.92 Å². The molecular weight excluding hydrogens is 344 g/mol. The molecule has 0 amide bonds. The van der Waals surface area contributed by atoms with Crippen LogP contribution in [-0.2, 0) is 0 Å². The van der Waals surface area contributed by atoms with Crippen molar-refractivity contribution in [2.75, 3.05) is 24.8 Å². The van der Waals surface area contributed by atoms with Crippen molar-refractivity contribution < 1.29 is 9.47 Å². The first-order chi connectivity index (χ1) is 13.2. The first-order valence-corrected chi connectivity index (χ1v) is 9.23. The molecule has 0 atom stereocenters. The van der Waals surface area contributed by atoms with E-state index in [4.69, 9.17) is 9.47 Å². The van der Waals surface area contributed by atoms with Gasteiger partial charge in [0.05, 0.1) is 5.39 Å². The Hall–Kier alpha value is -3.09. The minimum absolute atomic E-state index is 0.172. The van der Waals surface area contributed by atoms with Crippen molar-refractivity contribution in [3.8, 4) is 22.6 Å². The Labute approximate surface area is 156 Å². The first kappa shape index (κ1) is 16.1. The van der Waals surface area contributed by atoms with Gasteiger partial charge in [0.2, 0.25) is 12.7 Å². The largest absolute Gasteiger partial charge is 0.454 e. The molecule has 1 aromatic carbocycles. The normalized spacial score (nSPS) is 16.9. The summed E-state index contributed by atoms with van der Waals surface area (Å²) in [6.07, 6.45) is 3.90. The lowest BCUT2D eigenvalue weighted by Crippen LogP contribution is -2.35. The SMILES string of the molecule is CC1CCN(c2nc3nccc(-c4ccc5c(c4)OCO5)c3c(=O)[nH]2)CC1. The second-order valence-electron chi connectivity index (χ2n) is 7.18. The van der Waals surface area contributed by atoms with Crippen molar-refractivity contribution in [1.82, 2.24) is 15.0 Å². The molecule has 7 nitrogen and oxygen atoms in total. The van der Waals surface area contributed by atoms with Crippen LogP contribution in [0, 0.1) is 5.92 Å². The Morgan fingerprint density at radius 1 is 1.15 bits per heavy atom. The topological polar surface area (TPSA) is 80.3 Å². The second-order valence-corrected chi connectivity index (χ2v) is 7.18. The zero-order chi connectivity index (χ0) is 18.4. The Morgan fingerprint density at radius 3 is 2.81 bits per heavy atom.